The molecule has 0 saturated heterocycles. The van der Waals surface area contributed by atoms with Crippen LogP contribution in [0.1, 0.15) is 33.2 Å². The van der Waals surface area contributed by atoms with Gasteiger partial charge in [-0.15, -0.1) is 0 Å². The molecular formula is C32H29N3O2. The fraction of sp³-hybridized carbons (Fsp3) is 0.125. The van der Waals surface area contributed by atoms with Crippen LogP contribution in [0.4, 0.5) is 0 Å². The van der Waals surface area contributed by atoms with Gasteiger partial charge in [0.05, 0.1) is 24.5 Å². The third kappa shape index (κ3) is 5.62. The van der Waals surface area contributed by atoms with Crippen LogP contribution in [-0.2, 0) is 6.42 Å². The summed E-state index contributed by atoms with van der Waals surface area (Å²) in [5, 5.41) is 8.12. The quantitative estimate of drug-likeness (QED) is 0.269. The van der Waals surface area contributed by atoms with Crippen LogP contribution >= 0.6 is 0 Å². The number of hydrogen-bond donors (Lipinski definition) is 1. The van der Waals surface area contributed by atoms with Crippen LogP contribution < -0.4 is 10.1 Å². The molecule has 37 heavy (non-hydrogen) atoms. The first-order chi connectivity index (χ1) is 18.1. The van der Waals surface area contributed by atoms with Crippen LogP contribution in [-0.4, -0.2) is 22.8 Å². The van der Waals surface area contributed by atoms with Crippen molar-refractivity contribution in [1.82, 2.24) is 15.1 Å². The Hall–Kier alpha value is -4.64. The van der Waals surface area contributed by atoms with E-state index in [1.165, 1.54) is 0 Å². The van der Waals surface area contributed by atoms with Crippen molar-refractivity contribution in [2.75, 3.05) is 7.11 Å². The first-order valence-electron chi connectivity index (χ1n) is 12.3. The van der Waals surface area contributed by atoms with Crippen LogP contribution in [0.3, 0.4) is 0 Å². The molecule has 1 aromatic heterocycles. The van der Waals surface area contributed by atoms with Gasteiger partial charge in [-0.05, 0) is 54.8 Å². The summed E-state index contributed by atoms with van der Waals surface area (Å²) in [6.07, 6.45) is 0.679. The molecule has 0 spiro atoms. The Morgan fingerprint density at radius 2 is 1.57 bits per heavy atom. The Balaban J connectivity index is 1.53. The minimum absolute atomic E-state index is 0.188. The van der Waals surface area contributed by atoms with E-state index in [-0.39, 0.29) is 11.9 Å². The number of nitrogens with one attached hydrogen (secondary N) is 1. The lowest BCUT2D eigenvalue weighted by Gasteiger charge is -2.20. The molecule has 1 heterocycles. The van der Waals surface area contributed by atoms with E-state index in [1.807, 2.05) is 110 Å². The van der Waals surface area contributed by atoms with E-state index in [9.17, 15) is 4.79 Å². The number of nitrogens with zero attached hydrogens (tertiary/aromatic N) is 2. The van der Waals surface area contributed by atoms with Gasteiger partial charge in [0, 0.05) is 5.56 Å². The number of rotatable bonds is 8. The summed E-state index contributed by atoms with van der Waals surface area (Å²) in [6, 6.07) is 37.6. The van der Waals surface area contributed by atoms with E-state index >= 15 is 0 Å². The van der Waals surface area contributed by atoms with Gasteiger partial charge in [0.25, 0.3) is 5.91 Å². The minimum Gasteiger partial charge on any atom is -0.497 e. The third-order valence-corrected chi connectivity index (χ3v) is 6.38. The van der Waals surface area contributed by atoms with Crippen molar-refractivity contribution < 1.29 is 9.53 Å². The number of hydrogen-bond acceptors (Lipinski definition) is 3. The van der Waals surface area contributed by atoms with Gasteiger partial charge in [0.1, 0.15) is 11.4 Å². The van der Waals surface area contributed by atoms with Gasteiger partial charge in [-0.3, -0.25) is 4.79 Å². The van der Waals surface area contributed by atoms with Crippen LogP contribution in [0.2, 0.25) is 0 Å². The summed E-state index contributed by atoms with van der Waals surface area (Å²) in [7, 11) is 1.64. The van der Waals surface area contributed by atoms with Crippen molar-refractivity contribution in [2.24, 2.45) is 0 Å². The summed E-state index contributed by atoms with van der Waals surface area (Å²) in [5.41, 5.74) is 6.21. The van der Waals surface area contributed by atoms with Crippen molar-refractivity contribution in [2.45, 2.75) is 19.4 Å². The topological polar surface area (TPSA) is 56.1 Å². The molecule has 5 heteroatoms. The fourth-order valence-corrected chi connectivity index (χ4v) is 4.37. The number of aromatic nitrogens is 2. The summed E-state index contributed by atoms with van der Waals surface area (Å²) in [6.45, 7) is 2.04. The number of amides is 1. The average molecular weight is 488 g/mol. The predicted octanol–water partition coefficient (Wildman–Crippen LogP) is 6.57. The Labute approximate surface area is 217 Å². The van der Waals surface area contributed by atoms with Gasteiger partial charge in [-0.25, -0.2) is 4.68 Å². The standard InChI is InChI=1S/C32H29N3O2/c1-23-16-18-27(19-17-23)35-31(22-30(34-35)26-14-9-15-28(21-26)37-2)32(36)33-29(25-12-7-4-8-13-25)20-24-10-5-3-6-11-24/h3-19,21-22,29H,20H2,1-2H3,(H,33,36)/t29-/m0/s1. The molecule has 184 valence electrons. The maximum Gasteiger partial charge on any atom is 0.270 e. The van der Waals surface area contributed by atoms with Gasteiger partial charge in [0.15, 0.2) is 0 Å². The molecule has 1 amide bonds. The highest BCUT2D eigenvalue weighted by Crippen LogP contribution is 2.26. The molecule has 0 fully saturated rings. The molecule has 5 nitrogen and oxygen atoms in total. The first kappa shape index (κ1) is 24.1. The van der Waals surface area contributed by atoms with Gasteiger partial charge in [-0.2, -0.15) is 5.10 Å². The normalized spacial score (nSPS) is 11.6. The van der Waals surface area contributed by atoms with E-state index in [0.29, 0.717) is 17.8 Å². The first-order valence-corrected chi connectivity index (χ1v) is 12.3. The number of methoxy groups -OCH3 is 1. The largest absolute Gasteiger partial charge is 0.497 e. The van der Waals surface area contributed by atoms with Crippen molar-refractivity contribution in [1.29, 1.82) is 0 Å². The maximum absolute atomic E-state index is 13.9. The number of aryl methyl sites for hydroxylation is 1. The minimum atomic E-state index is -0.197. The second-order valence-corrected chi connectivity index (χ2v) is 9.02. The monoisotopic (exact) mass is 487 g/mol. The van der Waals surface area contributed by atoms with Crippen LogP contribution in [0.25, 0.3) is 16.9 Å². The van der Waals surface area contributed by atoms with Gasteiger partial charge in [-0.1, -0.05) is 90.5 Å². The molecule has 1 atom stereocenters. The molecule has 1 N–H and O–H groups in total. The zero-order valence-corrected chi connectivity index (χ0v) is 21.0. The lowest BCUT2D eigenvalue weighted by molar-refractivity contribution is 0.0928. The molecule has 0 aliphatic carbocycles. The number of benzene rings is 4. The van der Waals surface area contributed by atoms with Gasteiger partial charge in [0.2, 0.25) is 0 Å². The zero-order chi connectivity index (χ0) is 25.6. The van der Waals surface area contributed by atoms with E-state index in [1.54, 1.807) is 11.8 Å². The van der Waals surface area contributed by atoms with E-state index in [2.05, 4.69) is 17.4 Å². The molecular weight excluding hydrogens is 458 g/mol. The summed E-state index contributed by atoms with van der Waals surface area (Å²) >= 11 is 0. The number of carbonyl (C=O) groups excluding carboxylic acids is 1. The van der Waals surface area contributed by atoms with Crippen LogP contribution in [0.5, 0.6) is 5.75 Å². The van der Waals surface area contributed by atoms with Crippen molar-refractivity contribution in [3.8, 4) is 22.7 Å². The highest BCUT2D eigenvalue weighted by Gasteiger charge is 2.22. The lowest BCUT2D eigenvalue weighted by Crippen LogP contribution is -2.31. The summed E-state index contributed by atoms with van der Waals surface area (Å²) in [4.78, 5) is 13.9. The maximum atomic E-state index is 13.9. The molecule has 0 aliphatic rings. The van der Waals surface area contributed by atoms with E-state index in [0.717, 1.165) is 33.7 Å². The SMILES string of the molecule is COc1cccc(-c2cc(C(=O)N[C@@H](Cc3ccccc3)c3ccccc3)n(-c3ccc(C)cc3)n2)c1. The summed E-state index contributed by atoms with van der Waals surface area (Å²) in [5.74, 6) is 0.549. The van der Waals surface area contributed by atoms with Crippen LogP contribution in [0, 0.1) is 6.92 Å². The Morgan fingerprint density at radius 1 is 0.865 bits per heavy atom. The van der Waals surface area contributed by atoms with Gasteiger partial charge < -0.3 is 10.1 Å². The molecule has 4 aromatic carbocycles. The molecule has 0 unspecified atom stereocenters. The van der Waals surface area contributed by atoms with Crippen LogP contribution in [0.15, 0.2) is 115 Å². The Morgan fingerprint density at radius 3 is 2.27 bits per heavy atom. The van der Waals surface area contributed by atoms with Crippen molar-refractivity contribution >= 4 is 5.91 Å². The van der Waals surface area contributed by atoms with Crippen molar-refractivity contribution in [3.63, 3.8) is 0 Å². The average Bonchev–Trinajstić information content (AvgIpc) is 3.40. The highest BCUT2D eigenvalue weighted by atomic mass is 16.5. The molecule has 0 radical (unpaired) electrons. The molecule has 5 aromatic rings. The number of carbonyl (C=O) groups is 1. The molecule has 0 aliphatic heterocycles. The van der Waals surface area contributed by atoms with E-state index in [4.69, 9.17) is 9.84 Å². The Bertz CT molecular complexity index is 1480. The second-order valence-electron chi connectivity index (χ2n) is 9.02. The van der Waals surface area contributed by atoms with Crippen molar-refractivity contribution in [3.05, 3.63) is 138 Å². The smallest absolute Gasteiger partial charge is 0.270 e. The highest BCUT2D eigenvalue weighted by molar-refractivity contribution is 5.94. The molecule has 0 saturated carbocycles. The fourth-order valence-electron chi connectivity index (χ4n) is 4.37. The van der Waals surface area contributed by atoms with E-state index < -0.39 is 0 Å². The molecule has 0 bridgehead atoms. The zero-order valence-electron chi connectivity index (χ0n) is 21.0. The third-order valence-electron chi connectivity index (χ3n) is 6.38. The summed E-state index contributed by atoms with van der Waals surface area (Å²) < 4.78 is 7.12. The lowest BCUT2D eigenvalue weighted by atomic mass is 9.98. The Kier molecular flexibility index (Phi) is 7.13. The second kappa shape index (κ2) is 11.0. The number of ether oxygens (including phenoxy) is 1. The van der Waals surface area contributed by atoms with Gasteiger partial charge >= 0.3 is 0 Å². The molecule has 5 rings (SSSR count). The predicted molar refractivity (Wildman–Crippen MR) is 147 cm³/mol.